The third-order valence-electron chi connectivity index (χ3n) is 5.08. The van der Waals surface area contributed by atoms with Crippen molar-refractivity contribution < 1.29 is 9.84 Å². The number of aliphatic hydroxyl groups is 1. The summed E-state index contributed by atoms with van der Waals surface area (Å²) in [5.41, 5.74) is 2.69. The molecule has 0 saturated carbocycles. The second-order valence-electron chi connectivity index (χ2n) is 7.74. The number of hydrogen-bond donors (Lipinski definition) is 1. The van der Waals surface area contributed by atoms with Gasteiger partial charge in [0.25, 0.3) is 0 Å². The van der Waals surface area contributed by atoms with E-state index in [-0.39, 0.29) is 6.10 Å². The summed E-state index contributed by atoms with van der Waals surface area (Å²) in [7, 11) is 4.05. The van der Waals surface area contributed by atoms with Crippen molar-refractivity contribution >= 4 is 5.82 Å². The SMILES string of the molecule is CN(C)CCOc1ccc(-c2cc(N3CCC(O)C3)nc(-c3cccnc3)n2)cc1. The van der Waals surface area contributed by atoms with Gasteiger partial charge in [0.1, 0.15) is 18.2 Å². The Morgan fingerprint density at radius 3 is 2.63 bits per heavy atom. The number of pyridine rings is 1. The second kappa shape index (κ2) is 9.19. The zero-order valence-electron chi connectivity index (χ0n) is 17.4. The topological polar surface area (TPSA) is 74.6 Å². The molecule has 1 saturated heterocycles. The van der Waals surface area contributed by atoms with E-state index in [4.69, 9.17) is 14.7 Å². The third kappa shape index (κ3) is 4.93. The van der Waals surface area contributed by atoms with Crippen LogP contribution >= 0.6 is 0 Å². The van der Waals surface area contributed by atoms with E-state index >= 15 is 0 Å². The van der Waals surface area contributed by atoms with Crippen LogP contribution in [0.4, 0.5) is 5.82 Å². The standard InChI is InChI=1S/C23H27N5O2/c1-27(2)12-13-30-20-7-5-17(6-8-20)21-14-22(28-11-9-19(29)16-28)26-23(25-21)18-4-3-10-24-15-18/h3-8,10,14-15,19,29H,9,11-13,16H2,1-2H3. The van der Waals surface area contributed by atoms with Crippen LogP contribution in [-0.2, 0) is 0 Å². The van der Waals surface area contributed by atoms with Gasteiger partial charge in [-0.2, -0.15) is 0 Å². The Hall–Kier alpha value is -3.03. The van der Waals surface area contributed by atoms with Crippen LogP contribution in [0.5, 0.6) is 5.75 Å². The fraction of sp³-hybridized carbons (Fsp3) is 0.348. The number of ether oxygens (including phenoxy) is 1. The monoisotopic (exact) mass is 405 g/mol. The summed E-state index contributed by atoms with van der Waals surface area (Å²) in [6.45, 7) is 2.88. The molecule has 0 amide bonds. The van der Waals surface area contributed by atoms with Gasteiger partial charge < -0.3 is 19.6 Å². The van der Waals surface area contributed by atoms with Crippen molar-refractivity contribution in [2.45, 2.75) is 12.5 Å². The molecule has 1 N–H and O–H groups in total. The van der Waals surface area contributed by atoms with E-state index in [0.29, 0.717) is 19.0 Å². The molecule has 1 aliphatic rings. The maximum Gasteiger partial charge on any atom is 0.163 e. The van der Waals surface area contributed by atoms with Crippen molar-refractivity contribution in [1.82, 2.24) is 19.9 Å². The normalized spacial score (nSPS) is 16.3. The molecule has 3 aromatic rings. The van der Waals surface area contributed by atoms with Gasteiger partial charge in [0, 0.05) is 49.2 Å². The van der Waals surface area contributed by atoms with Crippen molar-refractivity contribution in [2.75, 3.05) is 45.2 Å². The van der Waals surface area contributed by atoms with Crippen LogP contribution in [0.3, 0.4) is 0 Å². The molecule has 0 spiro atoms. The molecule has 0 radical (unpaired) electrons. The lowest BCUT2D eigenvalue weighted by Gasteiger charge is -2.18. The molecule has 1 aliphatic heterocycles. The number of nitrogens with zero attached hydrogens (tertiary/aromatic N) is 5. The van der Waals surface area contributed by atoms with Crippen molar-refractivity contribution in [1.29, 1.82) is 0 Å². The number of aromatic nitrogens is 3. The minimum atomic E-state index is -0.316. The Balaban J connectivity index is 1.63. The van der Waals surface area contributed by atoms with Crippen LogP contribution < -0.4 is 9.64 Å². The highest BCUT2D eigenvalue weighted by Gasteiger charge is 2.23. The van der Waals surface area contributed by atoms with Gasteiger partial charge in [-0.25, -0.2) is 9.97 Å². The van der Waals surface area contributed by atoms with Gasteiger partial charge in [-0.05, 0) is 56.9 Å². The largest absolute Gasteiger partial charge is 0.492 e. The first-order chi connectivity index (χ1) is 14.6. The van der Waals surface area contributed by atoms with E-state index in [1.807, 2.05) is 56.6 Å². The average Bonchev–Trinajstić information content (AvgIpc) is 3.21. The number of likely N-dealkylation sites (N-methyl/N-ethyl adjacent to an activating group) is 1. The predicted octanol–water partition coefficient (Wildman–Crippen LogP) is 2.72. The Kier molecular flexibility index (Phi) is 6.21. The fourth-order valence-corrected chi connectivity index (χ4v) is 3.39. The molecule has 1 unspecified atom stereocenters. The minimum Gasteiger partial charge on any atom is -0.492 e. The van der Waals surface area contributed by atoms with Gasteiger partial charge in [0.15, 0.2) is 5.82 Å². The van der Waals surface area contributed by atoms with Crippen LogP contribution in [0, 0.1) is 0 Å². The molecular formula is C23H27N5O2. The summed E-state index contributed by atoms with van der Waals surface area (Å²) in [5, 5.41) is 9.96. The summed E-state index contributed by atoms with van der Waals surface area (Å²) in [5.74, 6) is 2.29. The molecule has 7 heteroatoms. The average molecular weight is 406 g/mol. The molecule has 1 atom stereocenters. The molecule has 3 heterocycles. The van der Waals surface area contributed by atoms with E-state index in [9.17, 15) is 5.11 Å². The molecular weight excluding hydrogens is 378 g/mol. The smallest absolute Gasteiger partial charge is 0.163 e. The van der Waals surface area contributed by atoms with Gasteiger partial charge in [-0.1, -0.05) is 0 Å². The van der Waals surface area contributed by atoms with Gasteiger partial charge in [0.2, 0.25) is 0 Å². The molecule has 2 aromatic heterocycles. The van der Waals surface area contributed by atoms with Crippen molar-refractivity contribution in [3.8, 4) is 28.4 Å². The first-order valence-corrected chi connectivity index (χ1v) is 10.2. The van der Waals surface area contributed by atoms with Crippen molar-refractivity contribution in [3.63, 3.8) is 0 Å². The molecule has 1 fully saturated rings. The summed E-state index contributed by atoms with van der Waals surface area (Å²) < 4.78 is 5.80. The molecule has 0 bridgehead atoms. The first-order valence-electron chi connectivity index (χ1n) is 10.2. The number of anilines is 1. The zero-order valence-corrected chi connectivity index (χ0v) is 17.4. The highest BCUT2D eigenvalue weighted by molar-refractivity contribution is 5.68. The van der Waals surface area contributed by atoms with Crippen LogP contribution in [0.25, 0.3) is 22.6 Å². The lowest BCUT2D eigenvalue weighted by atomic mass is 10.1. The third-order valence-corrected chi connectivity index (χ3v) is 5.08. The second-order valence-corrected chi connectivity index (χ2v) is 7.74. The molecule has 7 nitrogen and oxygen atoms in total. The highest BCUT2D eigenvalue weighted by Crippen LogP contribution is 2.28. The quantitative estimate of drug-likeness (QED) is 0.648. The molecule has 30 heavy (non-hydrogen) atoms. The predicted molar refractivity (Wildman–Crippen MR) is 118 cm³/mol. The molecule has 4 rings (SSSR count). The lowest BCUT2D eigenvalue weighted by molar-refractivity contribution is 0.198. The van der Waals surface area contributed by atoms with Gasteiger partial charge >= 0.3 is 0 Å². The van der Waals surface area contributed by atoms with Crippen LogP contribution in [0.2, 0.25) is 0 Å². The van der Waals surface area contributed by atoms with E-state index in [0.717, 1.165) is 47.9 Å². The maximum absolute atomic E-state index is 9.96. The summed E-state index contributed by atoms with van der Waals surface area (Å²) in [6, 6.07) is 13.8. The lowest BCUT2D eigenvalue weighted by Crippen LogP contribution is -2.22. The Labute approximate surface area is 177 Å². The Bertz CT molecular complexity index is 963. The molecule has 0 aliphatic carbocycles. The van der Waals surface area contributed by atoms with Crippen LogP contribution in [0.1, 0.15) is 6.42 Å². The molecule has 156 valence electrons. The molecule has 1 aromatic carbocycles. The number of benzene rings is 1. The first kappa shape index (κ1) is 20.3. The van der Waals surface area contributed by atoms with Gasteiger partial charge in [-0.15, -0.1) is 0 Å². The van der Waals surface area contributed by atoms with Crippen LogP contribution in [0.15, 0.2) is 54.9 Å². The zero-order chi connectivity index (χ0) is 20.9. The van der Waals surface area contributed by atoms with Gasteiger partial charge in [0.05, 0.1) is 11.8 Å². The Morgan fingerprint density at radius 2 is 1.97 bits per heavy atom. The minimum absolute atomic E-state index is 0.316. The van der Waals surface area contributed by atoms with Crippen molar-refractivity contribution in [2.24, 2.45) is 0 Å². The van der Waals surface area contributed by atoms with Gasteiger partial charge in [-0.3, -0.25) is 4.98 Å². The number of aliphatic hydroxyl groups excluding tert-OH is 1. The maximum atomic E-state index is 9.96. The number of hydrogen-bond acceptors (Lipinski definition) is 7. The summed E-state index contributed by atoms with van der Waals surface area (Å²) in [6.07, 6.45) is 3.94. The van der Waals surface area contributed by atoms with E-state index in [2.05, 4.69) is 14.8 Å². The van der Waals surface area contributed by atoms with Crippen LogP contribution in [-0.4, -0.2) is 71.4 Å². The van der Waals surface area contributed by atoms with E-state index in [1.165, 1.54) is 0 Å². The highest BCUT2D eigenvalue weighted by atomic mass is 16.5. The Morgan fingerprint density at radius 1 is 1.13 bits per heavy atom. The van der Waals surface area contributed by atoms with E-state index in [1.54, 1.807) is 12.4 Å². The summed E-state index contributed by atoms with van der Waals surface area (Å²) >= 11 is 0. The number of β-amino-alcohol motifs (C(OH)–C–C–N with tert-alkyl or cyclic N) is 1. The number of rotatable bonds is 7. The summed E-state index contributed by atoms with van der Waals surface area (Å²) in [4.78, 5) is 17.9. The van der Waals surface area contributed by atoms with E-state index < -0.39 is 0 Å². The van der Waals surface area contributed by atoms with Crippen molar-refractivity contribution in [3.05, 3.63) is 54.9 Å². The fourth-order valence-electron chi connectivity index (χ4n) is 3.39.